The summed E-state index contributed by atoms with van der Waals surface area (Å²) < 4.78 is 1.06. The summed E-state index contributed by atoms with van der Waals surface area (Å²) >= 11 is 5.44. The number of halogens is 2. The second-order valence-corrected chi connectivity index (χ2v) is 8.27. The number of amides is 1. The molecule has 1 heterocycles. The number of thioether (sulfide) groups is 1. The molecule has 1 aliphatic rings. The number of likely N-dealkylation sites (N-methyl/N-ethyl adjacent to an activating group) is 1. The Hall–Kier alpha value is -0.480. The minimum atomic E-state index is 0. The molecular weight excluding hydrogens is 515 g/mol. The zero-order valence-electron chi connectivity index (χ0n) is 14.6. The molecule has 0 bridgehead atoms. The Bertz CT molecular complexity index is 562. The summed E-state index contributed by atoms with van der Waals surface area (Å²) in [7, 11) is 3.51. The van der Waals surface area contributed by atoms with E-state index in [1.807, 2.05) is 36.0 Å². The maximum Gasteiger partial charge on any atom is 0.241 e. The van der Waals surface area contributed by atoms with E-state index in [1.165, 1.54) is 18.6 Å². The quantitative estimate of drug-likeness (QED) is 0.331. The van der Waals surface area contributed by atoms with Gasteiger partial charge in [-0.05, 0) is 36.3 Å². The molecule has 1 unspecified atom stereocenters. The van der Waals surface area contributed by atoms with Crippen molar-refractivity contribution in [3.63, 3.8) is 0 Å². The van der Waals surface area contributed by atoms with Gasteiger partial charge in [-0.2, -0.15) is 11.8 Å². The lowest BCUT2D eigenvalue weighted by atomic mass is 10.2. The largest absolute Gasteiger partial charge is 0.355 e. The van der Waals surface area contributed by atoms with Crippen molar-refractivity contribution in [1.82, 2.24) is 15.5 Å². The molecule has 1 saturated heterocycles. The van der Waals surface area contributed by atoms with E-state index in [9.17, 15) is 4.79 Å². The Morgan fingerprint density at radius 1 is 1.32 bits per heavy atom. The maximum atomic E-state index is 11.8. The summed E-state index contributed by atoms with van der Waals surface area (Å²) in [5.74, 6) is 1.97. The van der Waals surface area contributed by atoms with Crippen LogP contribution >= 0.6 is 51.7 Å². The van der Waals surface area contributed by atoms with E-state index >= 15 is 0 Å². The van der Waals surface area contributed by atoms with Crippen LogP contribution < -0.4 is 10.6 Å². The molecule has 1 fully saturated rings. The molecule has 1 amide bonds. The zero-order chi connectivity index (χ0) is 17.4. The molecule has 0 radical (unpaired) electrons. The van der Waals surface area contributed by atoms with Crippen molar-refractivity contribution < 1.29 is 4.79 Å². The molecule has 1 aliphatic heterocycles. The summed E-state index contributed by atoms with van der Waals surface area (Å²) in [5, 5.41) is 7.14. The first-order valence-corrected chi connectivity index (χ1v) is 9.97. The Morgan fingerprint density at radius 2 is 2.04 bits per heavy atom. The predicted octanol–water partition coefficient (Wildman–Crippen LogP) is 3.09. The smallest absolute Gasteiger partial charge is 0.241 e. The molecule has 5 nitrogen and oxygen atoms in total. The van der Waals surface area contributed by atoms with Crippen molar-refractivity contribution in [3.8, 4) is 0 Å². The van der Waals surface area contributed by atoms with Crippen LogP contribution in [0, 0.1) is 0 Å². The first-order valence-electron chi connectivity index (χ1n) is 8.13. The molecular formula is C17H26BrIN4OS. The average molecular weight is 541 g/mol. The van der Waals surface area contributed by atoms with Crippen LogP contribution in [0.2, 0.25) is 0 Å². The van der Waals surface area contributed by atoms with Crippen LogP contribution in [0.15, 0.2) is 33.7 Å². The topological polar surface area (TPSA) is 56.7 Å². The van der Waals surface area contributed by atoms with Gasteiger partial charge in [-0.25, -0.2) is 4.99 Å². The average Bonchev–Trinajstić information content (AvgIpc) is 3.08. The van der Waals surface area contributed by atoms with Gasteiger partial charge >= 0.3 is 0 Å². The van der Waals surface area contributed by atoms with E-state index in [4.69, 9.17) is 0 Å². The number of nitrogens with zero attached hydrogens (tertiary/aromatic N) is 2. The van der Waals surface area contributed by atoms with Gasteiger partial charge < -0.3 is 15.5 Å². The Morgan fingerprint density at radius 3 is 2.64 bits per heavy atom. The molecule has 25 heavy (non-hydrogen) atoms. The lowest BCUT2D eigenvalue weighted by molar-refractivity contribution is -0.127. The molecule has 8 heteroatoms. The van der Waals surface area contributed by atoms with Crippen LogP contribution in [-0.2, 0) is 11.3 Å². The SMILES string of the molecule is CN(C)C(=O)CNC(=NCc1ccc(Br)cc1)NCC1CCCS1.I. The van der Waals surface area contributed by atoms with Gasteiger partial charge in [-0.1, -0.05) is 28.1 Å². The molecule has 0 aliphatic carbocycles. The zero-order valence-corrected chi connectivity index (χ0v) is 19.4. The number of hydrogen-bond donors (Lipinski definition) is 2. The van der Waals surface area contributed by atoms with Gasteiger partial charge in [0.2, 0.25) is 5.91 Å². The number of benzene rings is 1. The fourth-order valence-corrected chi connectivity index (χ4v) is 3.73. The number of aliphatic imine (C=N–C) groups is 1. The van der Waals surface area contributed by atoms with E-state index in [0.717, 1.165) is 16.6 Å². The highest BCUT2D eigenvalue weighted by molar-refractivity contribution is 14.0. The predicted molar refractivity (Wildman–Crippen MR) is 121 cm³/mol. The van der Waals surface area contributed by atoms with E-state index in [1.54, 1.807) is 19.0 Å². The number of hydrogen-bond acceptors (Lipinski definition) is 3. The summed E-state index contributed by atoms with van der Waals surface area (Å²) in [4.78, 5) is 18.0. The first-order chi connectivity index (χ1) is 11.5. The minimum absolute atomic E-state index is 0. The summed E-state index contributed by atoms with van der Waals surface area (Å²) in [6, 6.07) is 8.11. The Balaban J connectivity index is 0.00000312. The third kappa shape index (κ3) is 8.63. The summed E-state index contributed by atoms with van der Waals surface area (Å²) in [6.07, 6.45) is 2.53. The van der Waals surface area contributed by atoms with Gasteiger partial charge in [0.1, 0.15) is 0 Å². The molecule has 1 aromatic rings. The number of carbonyl (C=O) groups excluding carboxylic acids is 1. The molecule has 140 valence electrons. The Kier molecular flexibility index (Phi) is 10.8. The van der Waals surface area contributed by atoms with E-state index < -0.39 is 0 Å². The van der Waals surface area contributed by atoms with E-state index in [-0.39, 0.29) is 36.4 Å². The van der Waals surface area contributed by atoms with E-state index in [0.29, 0.717) is 17.8 Å². The van der Waals surface area contributed by atoms with Crippen LogP contribution in [-0.4, -0.2) is 55.0 Å². The monoisotopic (exact) mass is 540 g/mol. The number of rotatable bonds is 6. The summed E-state index contributed by atoms with van der Waals surface area (Å²) in [5.41, 5.74) is 1.13. The highest BCUT2D eigenvalue weighted by atomic mass is 127. The molecule has 0 saturated carbocycles. The second-order valence-electron chi connectivity index (χ2n) is 5.95. The van der Waals surface area contributed by atoms with Gasteiger partial charge in [0.25, 0.3) is 0 Å². The summed E-state index contributed by atoms with van der Waals surface area (Å²) in [6.45, 7) is 1.71. The lowest BCUT2D eigenvalue weighted by Gasteiger charge is -2.16. The van der Waals surface area contributed by atoms with Crippen molar-refractivity contribution >= 4 is 63.5 Å². The van der Waals surface area contributed by atoms with Gasteiger partial charge in [-0.15, -0.1) is 24.0 Å². The molecule has 2 N–H and O–H groups in total. The van der Waals surface area contributed by atoms with Crippen molar-refractivity contribution in [2.24, 2.45) is 4.99 Å². The van der Waals surface area contributed by atoms with Gasteiger partial charge in [0.15, 0.2) is 5.96 Å². The Labute approximate surface area is 179 Å². The van der Waals surface area contributed by atoms with Gasteiger partial charge in [-0.3, -0.25) is 4.79 Å². The fraction of sp³-hybridized carbons (Fsp3) is 0.529. The lowest BCUT2D eigenvalue weighted by Crippen LogP contribution is -2.44. The normalized spacial score (nSPS) is 16.9. The molecule has 2 rings (SSSR count). The van der Waals surface area contributed by atoms with Crippen LogP contribution in [0.3, 0.4) is 0 Å². The number of guanidine groups is 1. The third-order valence-corrected chi connectivity index (χ3v) is 5.69. The number of carbonyl (C=O) groups is 1. The van der Waals surface area contributed by atoms with Crippen molar-refractivity contribution in [1.29, 1.82) is 0 Å². The fourth-order valence-electron chi connectivity index (χ4n) is 2.27. The van der Waals surface area contributed by atoms with Crippen molar-refractivity contribution in [2.45, 2.75) is 24.6 Å². The minimum Gasteiger partial charge on any atom is -0.355 e. The van der Waals surface area contributed by atoms with Crippen LogP contribution in [0.1, 0.15) is 18.4 Å². The van der Waals surface area contributed by atoms with E-state index in [2.05, 4.69) is 31.6 Å². The molecule has 0 spiro atoms. The number of nitrogens with one attached hydrogen (secondary N) is 2. The first kappa shape index (κ1) is 22.6. The maximum absolute atomic E-state index is 11.8. The van der Waals surface area contributed by atoms with Crippen LogP contribution in [0.4, 0.5) is 0 Å². The van der Waals surface area contributed by atoms with Crippen LogP contribution in [0.25, 0.3) is 0 Å². The van der Waals surface area contributed by atoms with Gasteiger partial charge in [0, 0.05) is 30.4 Å². The van der Waals surface area contributed by atoms with Crippen molar-refractivity contribution in [2.75, 3.05) is 32.9 Å². The third-order valence-electron chi connectivity index (χ3n) is 3.76. The van der Waals surface area contributed by atoms with Crippen molar-refractivity contribution in [3.05, 3.63) is 34.3 Å². The molecule has 0 aromatic heterocycles. The highest BCUT2D eigenvalue weighted by Crippen LogP contribution is 2.25. The second kappa shape index (κ2) is 12.0. The highest BCUT2D eigenvalue weighted by Gasteiger charge is 2.16. The standard InChI is InChI=1S/C17H25BrN4OS.HI/c1-22(2)16(23)12-21-17(20-11-15-4-3-9-24-15)19-10-13-5-7-14(18)8-6-13;/h5-8,15H,3-4,9-12H2,1-2H3,(H2,19,20,21);1H. The molecule has 1 atom stereocenters. The van der Waals surface area contributed by atoms with Crippen LogP contribution in [0.5, 0.6) is 0 Å². The molecule has 1 aromatic carbocycles. The van der Waals surface area contributed by atoms with Gasteiger partial charge in [0.05, 0.1) is 13.1 Å².